The summed E-state index contributed by atoms with van der Waals surface area (Å²) >= 11 is 3.16. The van der Waals surface area contributed by atoms with Gasteiger partial charge in [-0.15, -0.1) is 6.42 Å². The molecular weight excluding hydrogens is 280 g/mol. The van der Waals surface area contributed by atoms with Crippen LogP contribution in [0.5, 0.6) is 0 Å². The summed E-state index contributed by atoms with van der Waals surface area (Å²) in [7, 11) is 0. The highest BCUT2D eigenvalue weighted by atomic mass is 79.9. The number of benzene rings is 1. The molecule has 0 N–H and O–H groups in total. The summed E-state index contributed by atoms with van der Waals surface area (Å²) in [4.78, 5) is 11.0. The first kappa shape index (κ1) is 11.7. The van der Waals surface area contributed by atoms with Gasteiger partial charge in [0.1, 0.15) is 11.3 Å². The molecule has 0 amide bonds. The molecule has 0 saturated heterocycles. The van der Waals surface area contributed by atoms with E-state index < -0.39 is 0 Å². The summed E-state index contributed by atoms with van der Waals surface area (Å²) in [6.45, 7) is 0. The standard InChI is InChI=1S/C8H5BrO2.C6H4/c1-2-6-7(10)3-4-11-8(6)5-9;1-2-5-4-6(5)3-1/h1,3-4H,5H2;1-4H. The van der Waals surface area contributed by atoms with E-state index in [-0.39, 0.29) is 5.43 Å². The minimum Gasteiger partial charge on any atom is -0.467 e. The van der Waals surface area contributed by atoms with Crippen molar-refractivity contribution in [1.29, 1.82) is 0 Å². The van der Waals surface area contributed by atoms with Crippen LogP contribution in [0.1, 0.15) is 11.3 Å². The highest BCUT2D eigenvalue weighted by Gasteiger charge is 2.07. The van der Waals surface area contributed by atoms with Crippen LogP contribution in [0.15, 0.2) is 45.8 Å². The van der Waals surface area contributed by atoms with Gasteiger partial charge in [0.2, 0.25) is 5.43 Å². The van der Waals surface area contributed by atoms with Crippen LogP contribution in [0.2, 0.25) is 0 Å². The molecule has 3 rings (SSSR count). The lowest BCUT2D eigenvalue weighted by Gasteiger charge is -1.95. The van der Waals surface area contributed by atoms with Gasteiger partial charge in [0.15, 0.2) is 0 Å². The van der Waals surface area contributed by atoms with Gasteiger partial charge in [0.25, 0.3) is 0 Å². The zero-order chi connectivity index (χ0) is 12.3. The van der Waals surface area contributed by atoms with Gasteiger partial charge >= 0.3 is 0 Å². The number of rotatable bonds is 1. The van der Waals surface area contributed by atoms with Crippen molar-refractivity contribution < 1.29 is 4.42 Å². The maximum Gasteiger partial charge on any atom is 0.200 e. The molecule has 1 aromatic rings. The molecule has 84 valence electrons. The van der Waals surface area contributed by atoms with Crippen LogP contribution >= 0.6 is 15.9 Å². The molecule has 2 aliphatic carbocycles. The molecule has 17 heavy (non-hydrogen) atoms. The molecule has 1 heterocycles. The molecule has 0 fully saturated rings. The van der Waals surface area contributed by atoms with Crippen molar-refractivity contribution >= 4 is 15.9 Å². The number of alkyl halides is 1. The van der Waals surface area contributed by atoms with Crippen molar-refractivity contribution in [3.63, 3.8) is 0 Å². The highest BCUT2D eigenvalue weighted by Crippen LogP contribution is 2.32. The molecular formula is C14H9BrO2. The number of hydrogen-bond donors (Lipinski definition) is 0. The van der Waals surface area contributed by atoms with E-state index in [1.807, 2.05) is 0 Å². The molecule has 2 aliphatic rings. The largest absolute Gasteiger partial charge is 0.467 e. The van der Waals surface area contributed by atoms with Gasteiger partial charge in [0, 0.05) is 6.07 Å². The zero-order valence-electron chi connectivity index (χ0n) is 8.94. The summed E-state index contributed by atoms with van der Waals surface area (Å²) in [5, 5.41) is 0.461. The first-order valence-electron chi connectivity index (χ1n) is 5.00. The van der Waals surface area contributed by atoms with Crippen molar-refractivity contribution in [3.8, 4) is 23.5 Å². The number of terminal acetylenes is 1. The van der Waals surface area contributed by atoms with E-state index in [1.165, 1.54) is 23.5 Å². The van der Waals surface area contributed by atoms with Crippen molar-refractivity contribution in [3.05, 3.63) is 58.1 Å². The minimum atomic E-state index is -0.173. The first-order valence-corrected chi connectivity index (χ1v) is 6.12. The van der Waals surface area contributed by atoms with E-state index in [0.717, 1.165) is 0 Å². The lowest BCUT2D eigenvalue weighted by Crippen LogP contribution is -2.05. The van der Waals surface area contributed by atoms with Gasteiger partial charge in [-0.1, -0.05) is 40.0 Å². The Morgan fingerprint density at radius 2 is 2.00 bits per heavy atom. The van der Waals surface area contributed by atoms with Gasteiger partial charge in [-0.05, 0) is 17.2 Å². The van der Waals surface area contributed by atoms with Crippen molar-refractivity contribution in [1.82, 2.24) is 0 Å². The second-order valence-corrected chi connectivity index (χ2v) is 4.00. The Balaban J connectivity index is 0.000000148. The lowest BCUT2D eigenvalue weighted by molar-refractivity contribution is 0.510. The van der Waals surface area contributed by atoms with Crippen LogP contribution in [0.3, 0.4) is 0 Å². The van der Waals surface area contributed by atoms with Crippen molar-refractivity contribution in [2.75, 3.05) is 0 Å². The van der Waals surface area contributed by atoms with Gasteiger partial charge in [-0.25, -0.2) is 0 Å². The Bertz CT molecular complexity index is 618. The summed E-state index contributed by atoms with van der Waals surface area (Å²) < 4.78 is 4.99. The lowest BCUT2D eigenvalue weighted by atomic mass is 10.2. The van der Waals surface area contributed by atoms with E-state index in [1.54, 1.807) is 0 Å². The highest BCUT2D eigenvalue weighted by molar-refractivity contribution is 9.08. The third-order valence-corrected chi connectivity index (χ3v) is 2.84. The SMILES string of the molecule is C#Cc1c(CBr)occc1=O.c1cc2cc-2c1. The van der Waals surface area contributed by atoms with Crippen LogP contribution in [-0.4, -0.2) is 0 Å². The van der Waals surface area contributed by atoms with E-state index in [2.05, 4.69) is 46.1 Å². The molecule has 2 nitrogen and oxygen atoms in total. The molecule has 3 heteroatoms. The van der Waals surface area contributed by atoms with E-state index in [4.69, 9.17) is 10.8 Å². The average Bonchev–Trinajstić information content (AvgIpc) is 2.96. The molecule has 0 atom stereocenters. The minimum absolute atomic E-state index is 0.173. The third kappa shape index (κ3) is 2.66. The Hall–Kier alpha value is -1.79. The smallest absolute Gasteiger partial charge is 0.200 e. The fourth-order valence-corrected chi connectivity index (χ4v) is 1.80. The topological polar surface area (TPSA) is 30.2 Å². The average molecular weight is 289 g/mol. The molecule has 0 aliphatic heterocycles. The molecule has 0 unspecified atom stereocenters. The Kier molecular flexibility index (Phi) is 3.46. The van der Waals surface area contributed by atoms with Gasteiger partial charge < -0.3 is 4.42 Å². The third-order valence-electron chi connectivity index (χ3n) is 2.33. The fraction of sp³-hybridized carbons (Fsp3) is 0.0714. The quantitative estimate of drug-likeness (QED) is 0.509. The van der Waals surface area contributed by atoms with Gasteiger partial charge in [-0.3, -0.25) is 4.79 Å². The predicted molar refractivity (Wildman–Crippen MR) is 71.0 cm³/mol. The summed E-state index contributed by atoms with van der Waals surface area (Å²) in [6, 6.07) is 9.79. The first-order chi connectivity index (χ1) is 8.26. The fourth-order valence-electron chi connectivity index (χ4n) is 1.38. The molecule has 0 bridgehead atoms. The van der Waals surface area contributed by atoms with E-state index >= 15 is 0 Å². The Labute approximate surface area is 107 Å². The second kappa shape index (κ2) is 5.03. The van der Waals surface area contributed by atoms with Crippen molar-refractivity contribution in [2.45, 2.75) is 5.33 Å². The van der Waals surface area contributed by atoms with E-state index in [9.17, 15) is 4.79 Å². The molecule has 0 spiro atoms. The monoisotopic (exact) mass is 288 g/mol. The summed E-state index contributed by atoms with van der Waals surface area (Å²) in [6.07, 6.45) is 6.43. The molecule has 0 saturated carbocycles. The maximum absolute atomic E-state index is 11.0. The number of fused-ring (bicyclic) bond motifs is 1. The molecule has 1 aromatic heterocycles. The molecule has 0 aromatic carbocycles. The van der Waals surface area contributed by atoms with Crippen LogP contribution in [0, 0.1) is 12.3 Å². The van der Waals surface area contributed by atoms with Crippen LogP contribution in [0.25, 0.3) is 11.1 Å². The zero-order valence-corrected chi connectivity index (χ0v) is 10.5. The number of hydrogen-bond acceptors (Lipinski definition) is 2. The Morgan fingerprint density at radius 1 is 1.29 bits per heavy atom. The summed E-state index contributed by atoms with van der Waals surface area (Å²) in [5.74, 6) is 2.78. The van der Waals surface area contributed by atoms with Crippen LogP contribution in [-0.2, 0) is 5.33 Å². The Morgan fingerprint density at radius 3 is 2.35 bits per heavy atom. The van der Waals surface area contributed by atoms with E-state index in [0.29, 0.717) is 16.7 Å². The normalized spacial score (nSPS) is 9.88. The van der Waals surface area contributed by atoms with Crippen molar-refractivity contribution in [2.24, 2.45) is 0 Å². The summed E-state index contributed by atoms with van der Waals surface area (Å²) in [5.41, 5.74) is 2.97. The van der Waals surface area contributed by atoms with Crippen LogP contribution < -0.4 is 5.43 Å². The van der Waals surface area contributed by atoms with Gasteiger partial charge in [0.05, 0.1) is 11.6 Å². The number of halogens is 1. The predicted octanol–water partition coefficient (Wildman–Crippen LogP) is 3.18. The second-order valence-electron chi connectivity index (χ2n) is 3.44. The molecule has 0 radical (unpaired) electrons. The maximum atomic E-state index is 11.0. The van der Waals surface area contributed by atoms with Crippen LogP contribution in [0.4, 0.5) is 0 Å². The van der Waals surface area contributed by atoms with Gasteiger partial charge in [-0.2, -0.15) is 0 Å².